The SMILES string of the molecule is COc1cc(/C=C2\C(=O)N(c3cccc(C(=O)O)c3)N=C2C)ccc1OCCc1ccccc1. The van der Waals surface area contributed by atoms with Crippen LogP contribution in [0.4, 0.5) is 5.69 Å². The van der Waals surface area contributed by atoms with Gasteiger partial charge in [-0.1, -0.05) is 42.5 Å². The molecule has 0 aromatic heterocycles. The van der Waals surface area contributed by atoms with Crippen LogP contribution in [0.5, 0.6) is 11.5 Å². The highest BCUT2D eigenvalue weighted by Crippen LogP contribution is 2.31. The van der Waals surface area contributed by atoms with Crippen LogP contribution >= 0.6 is 0 Å². The summed E-state index contributed by atoms with van der Waals surface area (Å²) in [5, 5.41) is 14.8. The molecule has 0 fully saturated rings. The van der Waals surface area contributed by atoms with Gasteiger partial charge in [0.2, 0.25) is 0 Å². The van der Waals surface area contributed by atoms with E-state index in [0.29, 0.717) is 35.1 Å². The zero-order valence-electron chi connectivity index (χ0n) is 18.9. The minimum absolute atomic E-state index is 0.0863. The van der Waals surface area contributed by atoms with Crippen molar-refractivity contribution in [2.75, 3.05) is 18.7 Å². The molecule has 7 heteroatoms. The molecule has 0 saturated heterocycles. The van der Waals surface area contributed by atoms with Crippen LogP contribution in [0.15, 0.2) is 83.5 Å². The molecule has 0 bridgehead atoms. The summed E-state index contributed by atoms with van der Waals surface area (Å²) in [7, 11) is 1.57. The van der Waals surface area contributed by atoms with Gasteiger partial charge >= 0.3 is 5.97 Å². The maximum Gasteiger partial charge on any atom is 0.335 e. The molecule has 0 aliphatic carbocycles. The molecule has 7 nitrogen and oxygen atoms in total. The summed E-state index contributed by atoms with van der Waals surface area (Å²) in [4.78, 5) is 24.3. The Balaban J connectivity index is 1.51. The molecular formula is C27H24N2O5. The Bertz CT molecular complexity index is 1280. The summed E-state index contributed by atoms with van der Waals surface area (Å²) < 4.78 is 11.4. The third kappa shape index (κ3) is 4.99. The molecular weight excluding hydrogens is 432 g/mol. The van der Waals surface area contributed by atoms with Crippen molar-refractivity contribution in [3.05, 3.63) is 95.1 Å². The van der Waals surface area contributed by atoms with Crippen molar-refractivity contribution >= 4 is 29.4 Å². The quantitative estimate of drug-likeness (QED) is 0.491. The van der Waals surface area contributed by atoms with E-state index in [2.05, 4.69) is 17.2 Å². The molecule has 1 N–H and O–H groups in total. The average molecular weight is 456 g/mol. The first-order valence-electron chi connectivity index (χ1n) is 10.8. The Morgan fingerprint density at radius 3 is 2.56 bits per heavy atom. The predicted octanol–water partition coefficient (Wildman–Crippen LogP) is 4.82. The highest BCUT2D eigenvalue weighted by atomic mass is 16.5. The largest absolute Gasteiger partial charge is 0.493 e. The Labute approximate surface area is 197 Å². The fourth-order valence-electron chi connectivity index (χ4n) is 3.61. The van der Waals surface area contributed by atoms with Gasteiger partial charge in [0, 0.05) is 6.42 Å². The molecule has 0 spiro atoms. The molecule has 1 amide bonds. The smallest absolute Gasteiger partial charge is 0.335 e. The van der Waals surface area contributed by atoms with E-state index in [1.807, 2.05) is 30.3 Å². The zero-order chi connectivity index (χ0) is 24.1. The number of hydrazone groups is 1. The molecule has 4 rings (SSSR count). The molecule has 1 aliphatic rings. The number of carbonyl (C=O) groups excluding carboxylic acids is 1. The lowest BCUT2D eigenvalue weighted by Crippen LogP contribution is -2.21. The van der Waals surface area contributed by atoms with Gasteiger partial charge in [0.15, 0.2) is 11.5 Å². The number of ether oxygens (including phenoxy) is 2. The van der Waals surface area contributed by atoms with E-state index in [4.69, 9.17) is 9.47 Å². The zero-order valence-corrected chi connectivity index (χ0v) is 18.9. The Morgan fingerprint density at radius 1 is 1.03 bits per heavy atom. The summed E-state index contributed by atoms with van der Waals surface area (Å²) in [5.74, 6) is -0.213. The summed E-state index contributed by atoms with van der Waals surface area (Å²) in [6.07, 6.45) is 2.51. The molecule has 3 aromatic carbocycles. The average Bonchev–Trinajstić information content (AvgIpc) is 3.13. The van der Waals surface area contributed by atoms with Crippen LogP contribution in [0.2, 0.25) is 0 Å². The maximum atomic E-state index is 13.0. The van der Waals surface area contributed by atoms with Gasteiger partial charge in [-0.15, -0.1) is 0 Å². The van der Waals surface area contributed by atoms with Gasteiger partial charge in [0.05, 0.1) is 36.3 Å². The second-order valence-electron chi connectivity index (χ2n) is 7.71. The van der Waals surface area contributed by atoms with E-state index in [-0.39, 0.29) is 11.5 Å². The Kier molecular flexibility index (Phi) is 6.73. The van der Waals surface area contributed by atoms with Crippen LogP contribution < -0.4 is 14.5 Å². The van der Waals surface area contributed by atoms with Crippen molar-refractivity contribution in [3.63, 3.8) is 0 Å². The molecule has 1 aliphatic heterocycles. The summed E-state index contributed by atoms with van der Waals surface area (Å²) in [6.45, 7) is 2.25. The van der Waals surface area contributed by atoms with E-state index >= 15 is 0 Å². The van der Waals surface area contributed by atoms with Gasteiger partial charge in [-0.25, -0.2) is 4.79 Å². The first-order valence-corrected chi connectivity index (χ1v) is 10.8. The predicted molar refractivity (Wildman–Crippen MR) is 131 cm³/mol. The number of carbonyl (C=O) groups is 2. The van der Waals surface area contributed by atoms with Crippen LogP contribution in [0.25, 0.3) is 6.08 Å². The molecule has 0 saturated carbocycles. The van der Waals surface area contributed by atoms with Crippen LogP contribution in [0.1, 0.15) is 28.4 Å². The Morgan fingerprint density at radius 2 is 1.82 bits per heavy atom. The fourth-order valence-corrected chi connectivity index (χ4v) is 3.61. The third-order valence-electron chi connectivity index (χ3n) is 5.39. The second-order valence-corrected chi connectivity index (χ2v) is 7.71. The molecule has 0 unspecified atom stereocenters. The fraction of sp³-hybridized carbons (Fsp3) is 0.148. The number of carboxylic acid groups (broad SMARTS) is 1. The number of hydrogen-bond acceptors (Lipinski definition) is 5. The van der Waals surface area contributed by atoms with Crippen LogP contribution in [-0.4, -0.2) is 36.4 Å². The van der Waals surface area contributed by atoms with Gasteiger partial charge in [0.25, 0.3) is 5.91 Å². The van der Waals surface area contributed by atoms with Crippen molar-refractivity contribution in [2.45, 2.75) is 13.3 Å². The lowest BCUT2D eigenvalue weighted by molar-refractivity contribution is -0.114. The Hall–Kier alpha value is -4.39. The number of hydrogen-bond donors (Lipinski definition) is 1. The minimum atomic E-state index is -1.07. The number of anilines is 1. The van der Waals surface area contributed by atoms with Crippen molar-refractivity contribution in [1.29, 1.82) is 0 Å². The molecule has 34 heavy (non-hydrogen) atoms. The summed E-state index contributed by atoms with van der Waals surface area (Å²) >= 11 is 0. The monoisotopic (exact) mass is 456 g/mol. The van der Waals surface area contributed by atoms with Gasteiger partial charge in [-0.05, 0) is 54.5 Å². The number of methoxy groups -OCH3 is 1. The number of benzene rings is 3. The van der Waals surface area contributed by atoms with Crippen molar-refractivity contribution in [1.82, 2.24) is 0 Å². The second kappa shape index (κ2) is 10.0. The van der Waals surface area contributed by atoms with Crippen molar-refractivity contribution < 1.29 is 24.2 Å². The number of aromatic carboxylic acids is 1. The summed E-state index contributed by atoms with van der Waals surface area (Å²) in [6, 6.07) is 21.7. The molecule has 1 heterocycles. The van der Waals surface area contributed by atoms with E-state index in [1.54, 1.807) is 38.3 Å². The molecule has 3 aromatic rings. The number of amides is 1. The normalized spacial score (nSPS) is 14.3. The van der Waals surface area contributed by atoms with Crippen LogP contribution in [0.3, 0.4) is 0 Å². The number of nitrogens with zero attached hydrogens (tertiary/aromatic N) is 2. The van der Waals surface area contributed by atoms with Gasteiger partial charge in [-0.2, -0.15) is 10.1 Å². The lowest BCUT2D eigenvalue weighted by atomic mass is 10.1. The maximum absolute atomic E-state index is 13.0. The van der Waals surface area contributed by atoms with E-state index < -0.39 is 5.97 Å². The van der Waals surface area contributed by atoms with Gasteiger partial charge in [0.1, 0.15) is 0 Å². The third-order valence-corrected chi connectivity index (χ3v) is 5.39. The first kappa shape index (κ1) is 22.8. The molecule has 172 valence electrons. The molecule has 0 atom stereocenters. The summed E-state index contributed by atoms with van der Waals surface area (Å²) in [5.41, 5.74) is 3.38. The first-order chi connectivity index (χ1) is 16.5. The highest BCUT2D eigenvalue weighted by molar-refractivity contribution is 6.32. The highest BCUT2D eigenvalue weighted by Gasteiger charge is 2.29. The van der Waals surface area contributed by atoms with Crippen LogP contribution in [-0.2, 0) is 11.2 Å². The van der Waals surface area contributed by atoms with E-state index in [0.717, 1.165) is 12.0 Å². The molecule has 0 radical (unpaired) electrons. The topological polar surface area (TPSA) is 88.4 Å². The standard InChI is InChI=1S/C27H24N2O5/c1-18-23(26(30)29(28-18)22-10-6-9-21(17-22)27(31)32)15-20-11-12-24(25(16-20)33-2)34-14-13-19-7-4-3-5-8-19/h3-12,15-17H,13-14H2,1-2H3,(H,31,32)/b23-15-. The van der Waals surface area contributed by atoms with Crippen molar-refractivity contribution in [3.8, 4) is 11.5 Å². The number of carboxylic acids is 1. The van der Waals surface area contributed by atoms with Crippen LogP contribution in [0, 0.1) is 0 Å². The van der Waals surface area contributed by atoms with Crippen molar-refractivity contribution in [2.24, 2.45) is 5.10 Å². The lowest BCUT2D eigenvalue weighted by Gasteiger charge is -2.13. The number of rotatable bonds is 8. The van der Waals surface area contributed by atoms with E-state index in [1.165, 1.54) is 22.7 Å². The van der Waals surface area contributed by atoms with Gasteiger partial charge in [-0.3, -0.25) is 4.79 Å². The van der Waals surface area contributed by atoms with Gasteiger partial charge < -0.3 is 14.6 Å². The van der Waals surface area contributed by atoms with E-state index in [9.17, 15) is 14.7 Å². The minimum Gasteiger partial charge on any atom is -0.493 e.